The number of nitrogen functional groups attached to an aromatic ring is 1. The molecule has 2 N–H and O–H groups in total. The molecule has 0 bridgehead atoms. The fourth-order valence-electron chi connectivity index (χ4n) is 3.45. The maximum atomic E-state index is 6.04. The van der Waals surface area contributed by atoms with Crippen LogP contribution in [0.5, 0.6) is 5.75 Å². The Bertz CT molecular complexity index is 871. The fourth-order valence-corrected chi connectivity index (χ4v) is 3.45. The first-order chi connectivity index (χ1) is 11.3. The number of allylic oxidation sites excluding steroid dienone is 5. The average Bonchev–Trinajstić information content (AvgIpc) is 2.89. The molecular formula is C21H19NO. The van der Waals surface area contributed by atoms with Gasteiger partial charge in [0, 0.05) is 11.3 Å². The lowest BCUT2D eigenvalue weighted by Crippen LogP contribution is -1.90. The molecule has 0 atom stereocenters. The molecule has 23 heavy (non-hydrogen) atoms. The number of benzene rings is 2. The third kappa shape index (κ3) is 2.27. The minimum Gasteiger partial charge on any atom is -0.496 e. The van der Waals surface area contributed by atoms with Gasteiger partial charge in [0.2, 0.25) is 0 Å². The monoisotopic (exact) mass is 301 g/mol. The zero-order valence-corrected chi connectivity index (χ0v) is 13.2. The van der Waals surface area contributed by atoms with E-state index in [0.717, 1.165) is 29.8 Å². The molecule has 0 unspecified atom stereocenters. The van der Waals surface area contributed by atoms with Crippen LogP contribution in [0.15, 0.2) is 60.2 Å². The number of anilines is 1. The summed E-state index contributed by atoms with van der Waals surface area (Å²) in [5, 5.41) is 0. The lowest BCUT2D eigenvalue weighted by molar-refractivity contribution is 0.414. The topological polar surface area (TPSA) is 35.2 Å². The molecular weight excluding hydrogens is 282 g/mol. The van der Waals surface area contributed by atoms with Gasteiger partial charge in [-0.2, -0.15) is 0 Å². The van der Waals surface area contributed by atoms with Crippen LogP contribution in [0, 0.1) is 0 Å². The number of fused-ring (bicyclic) bond motifs is 3. The molecule has 2 aromatic carbocycles. The summed E-state index contributed by atoms with van der Waals surface area (Å²) in [6.07, 6.45) is 9.09. The van der Waals surface area contributed by atoms with Crippen LogP contribution in [0.4, 0.5) is 5.69 Å². The third-order valence-electron chi connectivity index (χ3n) is 4.51. The summed E-state index contributed by atoms with van der Waals surface area (Å²) in [5.41, 5.74) is 14.3. The second kappa shape index (κ2) is 5.47. The Hall–Kier alpha value is -2.74. The lowest BCUT2D eigenvalue weighted by atomic mass is 9.95. The van der Waals surface area contributed by atoms with Gasteiger partial charge in [0.15, 0.2) is 0 Å². The summed E-state index contributed by atoms with van der Waals surface area (Å²) in [6.45, 7) is 0. The van der Waals surface area contributed by atoms with Gasteiger partial charge in [-0.3, -0.25) is 0 Å². The van der Waals surface area contributed by atoms with E-state index >= 15 is 0 Å². The Morgan fingerprint density at radius 2 is 1.74 bits per heavy atom. The van der Waals surface area contributed by atoms with Gasteiger partial charge >= 0.3 is 0 Å². The van der Waals surface area contributed by atoms with Crippen LogP contribution in [-0.4, -0.2) is 7.11 Å². The molecule has 2 heteroatoms. The Balaban J connectivity index is 1.94. The van der Waals surface area contributed by atoms with Gasteiger partial charge in [0.05, 0.1) is 7.11 Å². The van der Waals surface area contributed by atoms with Gasteiger partial charge in [0.25, 0.3) is 0 Å². The van der Waals surface area contributed by atoms with Crippen molar-refractivity contribution in [3.05, 3.63) is 76.9 Å². The van der Waals surface area contributed by atoms with E-state index in [-0.39, 0.29) is 0 Å². The lowest BCUT2D eigenvalue weighted by Gasteiger charge is -2.10. The molecule has 0 amide bonds. The van der Waals surface area contributed by atoms with Crippen molar-refractivity contribution in [3.63, 3.8) is 0 Å². The third-order valence-corrected chi connectivity index (χ3v) is 4.51. The maximum absolute atomic E-state index is 6.04. The number of rotatable bonds is 2. The van der Waals surface area contributed by atoms with Crippen molar-refractivity contribution in [2.75, 3.05) is 12.8 Å². The second-order valence-electron chi connectivity index (χ2n) is 5.92. The molecule has 2 nitrogen and oxygen atoms in total. The van der Waals surface area contributed by atoms with E-state index in [1.807, 2.05) is 24.3 Å². The van der Waals surface area contributed by atoms with Gasteiger partial charge in [-0.1, -0.05) is 36.4 Å². The van der Waals surface area contributed by atoms with Gasteiger partial charge in [-0.25, -0.2) is 0 Å². The molecule has 2 aliphatic rings. The summed E-state index contributed by atoms with van der Waals surface area (Å²) in [7, 11) is 1.71. The van der Waals surface area contributed by atoms with E-state index in [1.165, 1.54) is 27.8 Å². The van der Waals surface area contributed by atoms with Crippen LogP contribution < -0.4 is 10.5 Å². The first-order valence-electron chi connectivity index (χ1n) is 7.94. The van der Waals surface area contributed by atoms with Gasteiger partial charge in [-0.15, -0.1) is 0 Å². The highest BCUT2D eigenvalue weighted by molar-refractivity contribution is 6.13. The average molecular weight is 301 g/mol. The Morgan fingerprint density at radius 1 is 0.957 bits per heavy atom. The second-order valence-corrected chi connectivity index (χ2v) is 5.92. The van der Waals surface area contributed by atoms with Crippen LogP contribution in [0.3, 0.4) is 0 Å². The molecule has 0 radical (unpaired) electrons. The zero-order chi connectivity index (χ0) is 15.8. The van der Waals surface area contributed by atoms with E-state index in [2.05, 4.69) is 36.4 Å². The zero-order valence-electron chi connectivity index (χ0n) is 13.2. The summed E-state index contributed by atoms with van der Waals surface area (Å²) in [5.74, 6) is 0.888. The molecule has 2 aromatic rings. The van der Waals surface area contributed by atoms with Crippen molar-refractivity contribution in [2.45, 2.75) is 12.8 Å². The number of ether oxygens (including phenoxy) is 1. The minimum atomic E-state index is 0.800. The van der Waals surface area contributed by atoms with Crippen LogP contribution in [-0.2, 0) is 0 Å². The number of nitrogens with two attached hydrogens (primary N) is 1. The van der Waals surface area contributed by atoms with Crippen molar-refractivity contribution < 1.29 is 4.74 Å². The van der Waals surface area contributed by atoms with Crippen LogP contribution in [0.2, 0.25) is 0 Å². The molecule has 0 fully saturated rings. The molecule has 114 valence electrons. The predicted molar refractivity (Wildman–Crippen MR) is 97.0 cm³/mol. The van der Waals surface area contributed by atoms with E-state index < -0.39 is 0 Å². The van der Waals surface area contributed by atoms with E-state index in [4.69, 9.17) is 10.5 Å². The molecule has 0 heterocycles. The number of hydrogen-bond donors (Lipinski definition) is 1. The predicted octanol–water partition coefficient (Wildman–Crippen LogP) is 4.94. The summed E-state index contributed by atoms with van der Waals surface area (Å²) < 4.78 is 5.50. The number of methoxy groups -OCH3 is 1. The van der Waals surface area contributed by atoms with E-state index in [9.17, 15) is 0 Å². The van der Waals surface area contributed by atoms with Crippen molar-refractivity contribution in [2.24, 2.45) is 0 Å². The van der Waals surface area contributed by atoms with E-state index in [0.29, 0.717) is 0 Å². The molecule has 0 aromatic heterocycles. The van der Waals surface area contributed by atoms with Crippen molar-refractivity contribution in [1.29, 1.82) is 0 Å². The van der Waals surface area contributed by atoms with Gasteiger partial charge < -0.3 is 10.5 Å². The Morgan fingerprint density at radius 3 is 2.57 bits per heavy atom. The Labute approximate surface area is 136 Å². The largest absolute Gasteiger partial charge is 0.496 e. The minimum absolute atomic E-state index is 0.800. The SMILES string of the molecule is COc1ccccc1/C=C1\C2=CCCC=C2c2ccc(N)cc21. The standard InChI is InChI=1S/C21H19NO/c1-23-21-9-5-2-6-14(21)12-19-17-8-4-3-7-16(17)18-11-10-15(22)13-20(18)19/h2,5-13H,3-4,22H2,1H3/b19-12+. The molecule has 2 aliphatic carbocycles. The van der Waals surface area contributed by atoms with Gasteiger partial charge in [-0.05, 0) is 65.0 Å². The van der Waals surface area contributed by atoms with Crippen molar-refractivity contribution >= 4 is 22.9 Å². The highest BCUT2D eigenvalue weighted by Crippen LogP contribution is 2.48. The molecule has 0 saturated carbocycles. The Kier molecular flexibility index (Phi) is 3.30. The van der Waals surface area contributed by atoms with Crippen molar-refractivity contribution in [3.8, 4) is 5.75 Å². The first-order valence-corrected chi connectivity index (χ1v) is 7.94. The fraction of sp³-hybridized carbons (Fsp3) is 0.143. The first kappa shape index (κ1) is 13.9. The summed E-state index contributed by atoms with van der Waals surface area (Å²) >= 11 is 0. The summed E-state index contributed by atoms with van der Waals surface area (Å²) in [6, 6.07) is 14.3. The molecule has 0 aliphatic heterocycles. The number of hydrogen-bond acceptors (Lipinski definition) is 2. The van der Waals surface area contributed by atoms with Crippen LogP contribution >= 0.6 is 0 Å². The highest BCUT2D eigenvalue weighted by atomic mass is 16.5. The van der Waals surface area contributed by atoms with E-state index in [1.54, 1.807) is 7.11 Å². The smallest absolute Gasteiger partial charge is 0.126 e. The molecule has 0 saturated heterocycles. The quantitative estimate of drug-likeness (QED) is 0.798. The van der Waals surface area contributed by atoms with Crippen LogP contribution in [0.25, 0.3) is 17.2 Å². The molecule has 0 spiro atoms. The van der Waals surface area contributed by atoms with Crippen molar-refractivity contribution in [1.82, 2.24) is 0 Å². The highest BCUT2D eigenvalue weighted by Gasteiger charge is 2.27. The van der Waals surface area contributed by atoms with Gasteiger partial charge in [0.1, 0.15) is 5.75 Å². The van der Waals surface area contributed by atoms with Crippen LogP contribution in [0.1, 0.15) is 29.5 Å². The number of para-hydroxylation sites is 1. The normalized spacial score (nSPS) is 17.3. The summed E-state index contributed by atoms with van der Waals surface area (Å²) in [4.78, 5) is 0. The maximum Gasteiger partial charge on any atom is 0.126 e. The molecule has 4 rings (SSSR count).